The van der Waals surface area contributed by atoms with Crippen LogP contribution in [0.25, 0.3) is 0 Å². The van der Waals surface area contributed by atoms with Crippen LogP contribution >= 0.6 is 0 Å². The molecule has 1 aliphatic rings. The van der Waals surface area contributed by atoms with Gasteiger partial charge >= 0.3 is 226 Å². The molecule has 0 saturated heterocycles. The summed E-state index contributed by atoms with van der Waals surface area (Å²) in [5.74, 6) is 2.11. The minimum atomic E-state index is -4.40. The van der Waals surface area contributed by atoms with Gasteiger partial charge in [0.05, 0.1) is 0 Å². The van der Waals surface area contributed by atoms with Crippen LogP contribution in [-0.2, 0) is 5.41 Å². The molecule has 37 heavy (non-hydrogen) atoms. The first-order valence-electron chi connectivity index (χ1n) is 12.9. The predicted octanol–water partition coefficient (Wildman–Crippen LogP) is 6.55. The molecular weight excluding hydrogens is 565 g/mol. The topological polar surface area (TPSA) is 40.0 Å². The fourth-order valence-electron chi connectivity index (χ4n) is 4.52. The summed E-state index contributed by atoms with van der Waals surface area (Å²) in [6.45, 7) is 9.26. The Morgan fingerprint density at radius 1 is 0.784 bits per heavy atom. The summed E-state index contributed by atoms with van der Waals surface area (Å²) >= 11 is -4.40. The van der Waals surface area contributed by atoms with Crippen molar-refractivity contribution in [1.82, 2.24) is 0 Å². The Balaban J connectivity index is 1.82. The van der Waals surface area contributed by atoms with Crippen molar-refractivity contribution in [1.29, 1.82) is 0 Å². The molecule has 188 valence electrons. The molecular formula is C32H33NO3Sn. The van der Waals surface area contributed by atoms with Crippen LogP contribution < -0.4 is 18.0 Å². The number of nitrogens with zero attached hydrogens (tertiary/aromatic N) is 1. The maximum atomic E-state index is 7.21. The van der Waals surface area contributed by atoms with E-state index in [0.29, 0.717) is 18.1 Å². The van der Waals surface area contributed by atoms with E-state index in [-0.39, 0.29) is 5.41 Å². The Labute approximate surface area is 224 Å². The summed E-state index contributed by atoms with van der Waals surface area (Å²) in [4.78, 5) is 4.96. The van der Waals surface area contributed by atoms with Crippen molar-refractivity contribution < 1.29 is 10.9 Å². The molecule has 0 N–H and O–H groups in total. The van der Waals surface area contributed by atoms with Crippen LogP contribution in [-0.4, -0.2) is 32.0 Å². The predicted molar refractivity (Wildman–Crippen MR) is 154 cm³/mol. The van der Waals surface area contributed by atoms with E-state index in [1.54, 1.807) is 0 Å². The number of hydrogen-bond donors (Lipinski definition) is 0. The fraction of sp³-hybridized carbons (Fsp3) is 0.219. The Kier molecular flexibility index (Phi) is 7.29. The molecule has 0 bridgehead atoms. The molecule has 0 saturated carbocycles. The third kappa shape index (κ3) is 4.99. The van der Waals surface area contributed by atoms with Crippen LogP contribution in [0.4, 0.5) is 5.69 Å². The maximum absolute atomic E-state index is 7.21. The number of ether oxygens (including phenoxy) is 1. The Morgan fingerprint density at radius 3 is 2.08 bits per heavy atom. The second-order valence-electron chi connectivity index (χ2n) is 9.84. The molecule has 1 aliphatic heterocycles. The van der Waals surface area contributed by atoms with E-state index in [2.05, 4.69) is 87.5 Å². The number of rotatable bonds is 6. The van der Waals surface area contributed by atoms with Crippen molar-refractivity contribution in [2.24, 2.45) is 4.99 Å². The van der Waals surface area contributed by atoms with Crippen molar-refractivity contribution in [3.05, 3.63) is 108 Å². The van der Waals surface area contributed by atoms with E-state index in [0.717, 1.165) is 30.6 Å². The van der Waals surface area contributed by atoms with Crippen LogP contribution in [0.3, 0.4) is 0 Å². The zero-order valence-corrected chi connectivity index (χ0v) is 24.8. The Bertz CT molecular complexity index is 1360. The monoisotopic (exact) mass is 599 g/mol. The van der Waals surface area contributed by atoms with Gasteiger partial charge in [-0.2, -0.15) is 0 Å². The van der Waals surface area contributed by atoms with Crippen molar-refractivity contribution in [2.45, 2.75) is 39.5 Å². The van der Waals surface area contributed by atoms with Crippen LogP contribution in [0.5, 0.6) is 17.2 Å². The van der Waals surface area contributed by atoms with Gasteiger partial charge < -0.3 is 0 Å². The van der Waals surface area contributed by atoms with Gasteiger partial charge in [0.2, 0.25) is 0 Å². The zero-order chi connectivity index (χ0) is 25.9. The van der Waals surface area contributed by atoms with E-state index < -0.39 is 19.2 Å². The molecule has 1 heterocycles. The summed E-state index contributed by atoms with van der Waals surface area (Å²) in [5.41, 5.74) is 2.94. The molecule has 0 spiro atoms. The summed E-state index contributed by atoms with van der Waals surface area (Å²) in [5, 5.41) is 0. The van der Waals surface area contributed by atoms with Gasteiger partial charge in [-0.1, -0.05) is 0 Å². The van der Waals surface area contributed by atoms with Crippen LogP contribution in [0, 0.1) is 0 Å². The third-order valence-electron chi connectivity index (χ3n) is 7.08. The molecule has 0 amide bonds. The van der Waals surface area contributed by atoms with Crippen molar-refractivity contribution in [2.75, 3.05) is 6.61 Å². The van der Waals surface area contributed by atoms with Gasteiger partial charge in [0.25, 0.3) is 0 Å². The van der Waals surface area contributed by atoms with Gasteiger partial charge in [-0.15, -0.1) is 0 Å². The van der Waals surface area contributed by atoms with Gasteiger partial charge in [-0.05, 0) is 0 Å². The molecule has 0 aliphatic carbocycles. The molecule has 0 radical (unpaired) electrons. The minimum absolute atomic E-state index is 0.0265. The Hall–Kier alpha value is -3.25. The second kappa shape index (κ2) is 10.6. The number of benzene rings is 4. The molecule has 4 nitrogen and oxygen atoms in total. The van der Waals surface area contributed by atoms with E-state index in [1.807, 2.05) is 43.5 Å². The summed E-state index contributed by atoms with van der Waals surface area (Å²) in [6.07, 6.45) is 2.90. The molecule has 5 heteroatoms. The van der Waals surface area contributed by atoms with Crippen LogP contribution in [0.15, 0.2) is 102 Å². The average molecular weight is 598 g/mol. The average Bonchev–Trinajstić information content (AvgIpc) is 3.01. The molecule has 0 aromatic heterocycles. The number of para-hydroxylation sites is 1. The van der Waals surface area contributed by atoms with Gasteiger partial charge in [0.1, 0.15) is 0 Å². The van der Waals surface area contributed by atoms with E-state index >= 15 is 0 Å². The molecule has 4 aromatic carbocycles. The SMILES string of the molecule is CCOc1cccc2c1[O][Sn]([c]1ccccc1)([c]1ccccc1)[O]c1ccc(C(C)(C)CC)cc1N=C2. The quantitative estimate of drug-likeness (QED) is 0.237. The van der Waals surface area contributed by atoms with E-state index in [9.17, 15) is 0 Å². The van der Waals surface area contributed by atoms with Gasteiger partial charge in [-0.3, -0.25) is 0 Å². The van der Waals surface area contributed by atoms with E-state index in [4.69, 9.17) is 15.9 Å². The first-order chi connectivity index (χ1) is 18.0. The molecule has 0 unspecified atom stereocenters. The first-order valence-corrected chi connectivity index (χ1v) is 18.1. The van der Waals surface area contributed by atoms with E-state index in [1.165, 1.54) is 5.56 Å². The van der Waals surface area contributed by atoms with Crippen molar-refractivity contribution in [3.8, 4) is 17.2 Å². The van der Waals surface area contributed by atoms with Crippen LogP contribution in [0.1, 0.15) is 45.2 Å². The normalized spacial score (nSPS) is 14.2. The fourth-order valence-corrected chi connectivity index (χ4v) is 13.4. The number of aliphatic imine (C=N–C) groups is 1. The Morgan fingerprint density at radius 2 is 1.46 bits per heavy atom. The third-order valence-corrected chi connectivity index (χ3v) is 16.2. The molecule has 5 rings (SSSR count). The molecule has 4 aromatic rings. The van der Waals surface area contributed by atoms with Gasteiger partial charge in [-0.25, -0.2) is 0 Å². The zero-order valence-electron chi connectivity index (χ0n) is 21.9. The first kappa shape index (κ1) is 25.4. The van der Waals surface area contributed by atoms with Crippen LogP contribution in [0.2, 0.25) is 0 Å². The molecule has 0 fully saturated rings. The van der Waals surface area contributed by atoms with Crippen molar-refractivity contribution in [3.63, 3.8) is 0 Å². The van der Waals surface area contributed by atoms with Gasteiger partial charge in [0, 0.05) is 0 Å². The number of hydrogen-bond acceptors (Lipinski definition) is 4. The number of fused-ring (bicyclic) bond motifs is 2. The summed E-state index contributed by atoms with van der Waals surface area (Å²) in [6, 6.07) is 33.1. The second-order valence-corrected chi connectivity index (χ2v) is 17.8. The standard InChI is InChI=1S/C20H25NO3.2C6H5.Sn/c1-5-20(3,4)15-10-11-17(22)16(12-15)21-13-14-8-7-9-18(19(14)23)24-6-2;2*1-2-4-6-5-3-1;/h7-13,22-23H,5-6H2,1-4H3;2*1-5H;/q;;;+2/p-2. The molecule has 0 atom stereocenters. The summed E-state index contributed by atoms with van der Waals surface area (Å²) < 4.78 is 22.6. The summed E-state index contributed by atoms with van der Waals surface area (Å²) in [7, 11) is 0. The van der Waals surface area contributed by atoms with Gasteiger partial charge in [0.15, 0.2) is 0 Å². The van der Waals surface area contributed by atoms with Crippen molar-refractivity contribution >= 4 is 38.3 Å².